The largest absolute Gasteiger partial charge is 0.550 e. The van der Waals surface area contributed by atoms with Gasteiger partial charge in [0, 0.05) is 18.4 Å². The van der Waals surface area contributed by atoms with Gasteiger partial charge in [0.2, 0.25) is 5.91 Å². The lowest BCUT2D eigenvalue weighted by molar-refractivity contribution is -0.306. The molecule has 0 heterocycles. The van der Waals surface area contributed by atoms with Crippen molar-refractivity contribution in [3.8, 4) is 0 Å². The summed E-state index contributed by atoms with van der Waals surface area (Å²) in [6, 6.07) is 15.6. The number of aliphatic carboxylic acids is 1. The van der Waals surface area contributed by atoms with Crippen molar-refractivity contribution in [2.45, 2.75) is 33.2 Å². The molecule has 0 radical (unpaired) electrons. The highest BCUT2D eigenvalue weighted by Gasteiger charge is 2.19. The van der Waals surface area contributed by atoms with Crippen LogP contribution in [0.3, 0.4) is 0 Å². The summed E-state index contributed by atoms with van der Waals surface area (Å²) < 4.78 is 0. The molecule has 0 aromatic heterocycles. The van der Waals surface area contributed by atoms with Crippen LogP contribution in [-0.4, -0.2) is 11.9 Å². The van der Waals surface area contributed by atoms with Crippen molar-refractivity contribution >= 4 is 11.9 Å². The van der Waals surface area contributed by atoms with Crippen LogP contribution in [-0.2, 0) is 22.6 Å². The van der Waals surface area contributed by atoms with Gasteiger partial charge in [-0.25, -0.2) is 0 Å². The number of benzene rings is 2. The van der Waals surface area contributed by atoms with Gasteiger partial charge in [0.25, 0.3) is 0 Å². The topological polar surface area (TPSA) is 69.2 Å². The lowest BCUT2D eigenvalue weighted by atomic mass is 9.93. The lowest BCUT2D eigenvalue weighted by Crippen LogP contribution is -2.36. The van der Waals surface area contributed by atoms with Crippen molar-refractivity contribution in [2.75, 3.05) is 0 Å². The van der Waals surface area contributed by atoms with Crippen molar-refractivity contribution in [3.63, 3.8) is 0 Å². The summed E-state index contributed by atoms with van der Waals surface area (Å²) in [6.07, 6.45) is 0.102. The number of rotatable bonds is 7. The van der Waals surface area contributed by atoms with E-state index >= 15 is 0 Å². The Morgan fingerprint density at radius 1 is 1.00 bits per heavy atom. The van der Waals surface area contributed by atoms with Crippen LogP contribution in [0.25, 0.3) is 0 Å². The Labute approximate surface area is 142 Å². The van der Waals surface area contributed by atoms with Crippen molar-refractivity contribution in [1.82, 2.24) is 5.32 Å². The Morgan fingerprint density at radius 2 is 1.62 bits per heavy atom. The maximum Gasteiger partial charge on any atom is 0.224 e. The summed E-state index contributed by atoms with van der Waals surface area (Å²) in [4.78, 5) is 23.4. The molecule has 0 aliphatic heterocycles. The van der Waals surface area contributed by atoms with E-state index in [-0.39, 0.29) is 12.3 Å². The molecule has 0 aliphatic rings. The van der Waals surface area contributed by atoms with Crippen molar-refractivity contribution in [2.24, 2.45) is 5.92 Å². The van der Waals surface area contributed by atoms with Crippen LogP contribution in [0.1, 0.15) is 28.7 Å². The highest BCUT2D eigenvalue weighted by molar-refractivity contribution is 5.83. The SMILES string of the molecule is Cc1cc(C)cc(C[C@@H](CC(=O)[O-])C(=O)NCc2ccccc2)c1. The van der Waals surface area contributed by atoms with E-state index in [9.17, 15) is 14.7 Å². The lowest BCUT2D eigenvalue weighted by Gasteiger charge is -2.18. The molecule has 0 fully saturated rings. The maximum atomic E-state index is 12.4. The van der Waals surface area contributed by atoms with Gasteiger partial charge in [-0.3, -0.25) is 4.79 Å². The zero-order valence-corrected chi connectivity index (χ0v) is 14.0. The van der Waals surface area contributed by atoms with Crippen LogP contribution in [0, 0.1) is 19.8 Å². The zero-order chi connectivity index (χ0) is 17.5. The average Bonchev–Trinajstić information content (AvgIpc) is 2.51. The summed E-state index contributed by atoms with van der Waals surface area (Å²) in [5.41, 5.74) is 4.14. The molecule has 0 unspecified atom stereocenters. The first kappa shape index (κ1) is 17.7. The molecule has 1 atom stereocenters. The van der Waals surface area contributed by atoms with Crippen molar-refractivity contribution in [1.29, 1.82) is 0 Å². The van der Waals surface area contributed by atoms with Crippen LogP contribution >= 0.6 is 0 Å². The molecule has 0 saturated heterocycles. The zero-order valence-electron chi connectivity index (χ0n) is 14.0. The van der Waals surface area contributed by atoms with Gasteiger partial charge >= 0.3 is 0 Å². The van der Waals surface area contributed by atoms with Crippen LogP contribution in [0.4, 0.5) is 0 Å². The average molecular weight is 324 g/mol. The van der Waals surface area contributed by atoms with E-state index in [1.54, 1.807) is 0 Å². The number of carbonyl (C=O) groups is 2. The first-order chi connectivity index (χ1) is 11.4. The first-order valence-corrected chi connectivity index (χ1v) is 8.02. The molecule has 0 spiro atoms. The van der Waals surface area contributed by atoms with E-state index < -0.39 is 11.9 Å². The van der Waals surface area contributed by atoms with E-state index in [0.29, 0.717) is 13.0 Å². The fourth-order valence-electron chi connectivity index (χ4n) is 2.86. The van der Waals surface area contributed by atoms with Crippen LogP contribution < -0.4 is 10.4 Å². The van der Waals surface area contributed by atoms with Crippen LogP contribution in [0.15, 0.2) is 48.5 Å². The molecule has 2 aromatic carbocycles. The highest BCUT2D eigenvalue weighted by atomic mass is 16.4. The van der Waals surface area contributed by atoms with Crippen LogP contribution in [0.2, 0.25) is 0 Å². The smallest absolute Gasteiger partial charge is 0.224 e. The number of amides is 1. The molecule has 126 valence electrons. The third kappa shape index (κ3) is 5.54. The van der Waals surface area contributed by atoms with Gasteiger partial charge in [0.1, 0.15) is 0 Å². The fourth-order valence-corrected chi connectivity index (χ4v) is 2.86. The first-order valence-electron chi connectivity index (χ1n) is 8.02. The molecular formula is C20H22NO3-. The van der Waals surface area contributed by atoms with Gasteiger partial charge in [0.05, 0.1) is 0 Å². The number of carboxylic acid groups (broad SMARTS) is 1. The third-order valence-corrected chi connectivity index (χ3v) is 3.86. The second kappa shape index (κ2) is 8.29. The second-order valence-corrected chi connectivity index (χ2v) is 6.18. The van der Waals surface area contributed by atoms with Crippen molar-refractivity contribution < 1.29 is 14.7 Å². The summed E-state index contributed by atoms with van der Waals surface area (Å²) in [5, 5.41) is 13.8. The Balaban J connectivity index is 2.06. The molecule has 1 N–H and O–H groups in total. The Bertz CT molecular complexity index is 690. The molecule has 1 amide bonds. The number of hydrogen-bond donors (Lipinski definition) is 1. The molecule has 2 rings (SSSR count). The summed E-state index contributed by atoms with van der Waals surface area (Å²) in [5.74, 6) is -2.11. The summed E-state index contributed by atoms with van der Waals surface area (Å²) in [6.45, 7) is 4.36. The number of nitrogens with one attached hydrogen (secondary N) is 1. The minimum atomic E-state index is -1.21. The van der Waals surface area contributed by atoms with E-state index in [2.05, 4.69) is 5.32 Å². The minimum Gasteiger partial charge on any atom is -0.550 e. The molecule has 0 bridgehead atoms. The molecule has 4 nitrogen and oxygen atoms in total. The quantitative estimate of drug-likeness (QED) is 0.846. The molecule has 2 aromatic rings. The van der Waals surface area contributed by atoms with E-state index in [0.717, 1.165) is 22.3 Å². The predicted molar refractivity (Wildman–Crippen MR) is 91.0 cm³/mol. The monoisotopic (exact) mass is 324 g/mol. The van der Waals surface area contributed by atoms with Gasteiger partial charge in [0.15, 0.2) is 0 Å². The molecule has 24 heavy (non-hydrogen) atoms. The van der Waals surface area contributed by atoms with Crippen LogP contribution in [0.5, 0.6) is 0 Å². The number of aryl methyl sites for hydroxylation is 2. The van der Waals surface area contributed by atoms with Gasteiger partial charge in [-0.1, -0.05) is 59.7 Å². The third-order valence-electron chi connectivity index (χ3n) is 3.86. The van der Waals surface area contributed by atoms with Gasteiger partial charge in [-0.15, -0.1) is 0 Å². The van der Waals surface area contributed by atoms with Gasteiger partial charge in [-0.2, -0.15) is 0 Å². The number of carbonyl (C=O) groups excluding carboxylic acids is 2. The predicted octanol–water partition coefficient (Wildman–Crippen LogP) is 1.92. The fraction of sp³-hybridized carbons (Fsp3) is 0.300. The Morgan fingerprint density at radius 3 is 2.21 bits per heavy atom. The molecular weight excluding hydrogens is 302 g/mol. The second-order valence-electron chi connectivity index (χ2n) is 6.18. The number of carboxylic acids is 1. The normalized spacial score (nSPS) is 11.8. The molecule has 0 aliphatic carbocycles. The van der Waals surface area contributed by atoms with Crippen molar-refractivity contribution in [3.05, 3.63) is 70.8 Å². The van der Waals surface area contributed by atoms with Gasteiger partial charge in [-0.05, 0) is 37.8 Å². The van der Waals surface area contributed by atoms with Gasteiger partial charge < -0.3 is 15.2 Å². The molecule has 4 heteroatoms. The van der Waals surface area contributed by atoms with E-state index in [4.69, 9.17) is 0 Å². The number of hydrogen-bond acceptors (Lipinski definition) is 3. The summed E-state index contributed by atoms with van der Waals surface area (Å²) >= 11 is 0. The maximum absolute atomic E-state index is 12.4. The highest BCUT2D eigenvalue weighted by Crippen LogP contribution is 2.16. The summed E-state index contributed by atoms with van der Waals surface area (Å²) in [7, 11) is 0. The van der Waals surface area contributed by atoms with E-state index in [1.807, 2.05) is 62.4 Å². The Hall–Kier alpha value is -2.62. The standard InChI is InChI=1S/C20H23NO3/c1-14-8-15(2)10-17(9-14)11-18(12-19(22)23)20(24)21-13-16-6-4-3-5-7-16/h3-10,18H,11-13H2,1-2H3,(H,21,24)(H,22,23)/p-1/t18-/m0/s1. The van der Waals surface area contributed by atoms with E-state index in [1.165, 1.54) is 0 Å². The molecule has 0 saturated carbocycles. The Kier molecular flexibility index (Phi) is 6.13. The minimum absolute atomic E-state index is 0.262.